The van der Waals surface area contributed by atoms with Crippen LogP contribution in [-0.4, -0.2) is 42.4 Å². The van der Waals surface area contributed by atoms with Crippen LogP contribution in [0.1, 0.15) is 40.0 Å². The van der Waals surface area contributed by atoms with Gasteiger partial charge in [-0.05, 0) is 33.1 Å². The van der Waals surface area contributed by atoms with Crippen molar-refractivity contribution in [1.82, 2.24) is 9.03 Å². The predicted molar refractivity (Wildman–Crippen MR) is 68.4 cm³/mol. The summed E-state index contributed by atoms with van der Waals surface area (Å²) in [6, 6.07) is 0. The van der Waals surface area contributed by atoms with E-state index in [1.807, 2.05) is 20.8 Å². The average Bonchev–Trinajstić information content (AvgIpc) is 2.28. The molecular formula is C11H22N2O4S. The van der Waals surface area contributed by atoms with Gasteiger partial charge in [-0.25, -0.2) is 0 Å². The first-order valence-corrected chi connectivity index (χ1v) is 7.64. The smallest absolute Gasteiger partial charge is 0.307 e. The zero-order valence-electron chi connectivity index (χ0n) is 11.1. The van der Waals surface area contributed by atoms with Crippen LogP contribution in [0.2, 0.25) is 0 Å². The largest absolute Gasteiger partial charge is 0.481 e. The van der Waals surface area contributed by atoms with Crippen LogP contribution >= 0.6 is 0 Å². The average molecular weight is 278 g/mol. The molecule has 6 nitrogen and oxygen atoms in total. The Labute approximate surface area is 109 Å². The molecule has 106 valence electrons. The molecule has 1 heterocycles. The van der Waals surface area contributed by atoms with Crippen LogP contribution in [0, 0.1) is 5.92 Å². The number of carboxylic acid groups (broad SMARTS) is 1. The third-order valence-electron chi connectivity index (χ3n) is 3.36. The summed E-state index contributed by atoms with van der Waals surface area (Å²) in [4.78, 5) is 10.9. The van der Waals surface area contributed by atoms with E-state index in [0.717, 1.165) is 0 Å². The molecule has 1 aliphatic heterocycles. The molecule has 1 atom stereocenters. The Kier molecular flexibility index (Phi) is 4.74. The molecular weight excluding hydrogens is 256 g/mol. The number of rotatable bonds is 5. The molecule has 0 aromatic rings. The lowest BCUT2D eigenvalue weighted by Crippen LogP contribution is -2.53. The molecule has 1 rings (SSSR count). The quantitative estimate of drug-likeness (QED) is 0.779. The summed E-state index contributed by atoms with van der Waals surface area (Å²) in [5.41, 5.74) is -0.519. The zero-order valence-corrected chi connectivity index (χ0v) is 12.0. The molecule has 1 fully saturated rings. The zero-order chi connectivity index (χ0) is 14.0. The maximum absolute atomic E-state index is 12.2. The molecule has 1 saturated heterocycles. The van der Waals surface area contributed by atoms with Crippen LogP contribution in [0.15, 0.2) is 0 Å². The second-order valence-electron chi connectivity index (χ2n) is 5.38. The molecule has 0 spiro atoms. The van der Waals surface area contributed by atoms with Crippen LogP contribution in [0.5, 0.6) is 0 Å². The van der Waals surface area contributed by atoms with Gasteiger partial charge in [-0.2, -0.15) is 17.4 Å². The van der Waals surface area contributed by atoms with Gasteiger partial charge in [-0.1, -0.05) is 6.92 Å². The molecule has 0 aromatic heterocycles. The van der Waals surface area contributed by atoms with Crippen molar-refractivity contribution in [3.05, 3.63) is 0 Å². The lowest BCUT2D eigenvalue weighted by Gasteiger charge is -2.33. The van der Waals surface area contributed by atoms with Crippen LogP contribution < -0.4 is 4.72 Å². The molecule has 0 amide bonds. The Hall–Kier alpha value is -0.660. The molecule has 0 aliphatic carbocycles. The Morgan fingerprint density at radius 2 is 2.11 bits per heavy atom. The highest BCUT2D eigenvalue weighted by atomic mass is 32.2. The van der Waals surface area contributed by atoms with Gasteiger partial charge in [0.15, 0.2) is 0 Å². The van der Waals surface area contributed by atoms with Crippen molar-refractivity contribution >= 4 is 16.2 Å². The van der Waals surface area contributed by atoms with E-state index < -0.39 is 27.6 Å². The summed E-state index contributed by atoms with van der Waals surface area (Å²) >= 11 is 0. The number of carbonyl (C=O) groups is 1. The van der Waals surface area contributed by atoms with E-state index in [2.05, 4.69) is 4.72 Å². The Bertz CT molecular complexity index is 405. The molecule has 1 aliphatic rings. The van der Waals surface area contributed by atoms with E-state index >= 15 is 0 Å². The van der Waals surface area contributed by atoms with Gasteiger partial charge in [-0.15, -0.1) is 0 Å². The van der Waals surface area contributed by atoms with Gasteiger partial charge in [0.05, 0.1) is 5.92 Å². The fourth-order valence-corrected chi connectivity index (χ4v) is 3.57. The van der Waals surface area contributed by atoms with E-state index in [4.69, 9.17) is 5.11 Å². The minimum Gasteiger partial charge on any atom is -0.481 e. The molecule has 0 saturated carbocycles. The summed E-state index contributed by atoms with van der Waals surface area (Å²) in [7, 11) is -3.60. The van der Waals surface area contributed by atoms with Gasteiger partial charge in [0.25, 0.3) is 10.2 Å². The number of piperidine rings is 1. The van der Waals surface area contributed by atoms with Crippen LogP contribution in [0.25, 0.3) is 0 Å². The van der Waals surface area contributed by atoms with Gasteiger partial charge < -0.3 is 5.11 Å². The monoisotopic (exact) mass is 278 g/mol. The second kappa shape index (κ2) is 5.54. The van der Waals surface area contributed by atoms with Crippen molar-refractivity contribution in [3.8, 4) is 0 Å². The van der Waals surface area contributed by atoms with E-state index in [9.17, 15) is 13.2 Å². The lowest BCUT2D eigenvalue weighted by molar-refractivity contribution is -0.142. The minimum absolute atomic E-state index is 0.0600. The van der Waals surface area contributed by atoms with Crippen molar-refractivity contribution in [1.29, 1.82) is 0 Å². The van der Waals surface area contributed by atoms with Crippen LogP contribution in [0.3, 0.4) is 0 Å². The molecule has 7 heteroatoms. The second-order valence-corrected chi connectivity index (χ2v) is 7.05. The molecule has 18 heavy (non-hydrogen) atoms. The van der Waals surface area contributed by atoms with E-state index in [0.29, 0.717) is 25.8 Å². The summed E-state index contributed by atoms with van der Waals surface area (Å²) in [6.07, 6.45) is 1.80. The number of carboxylic acids is 1. The normalized spacial score (nSPS) is 22.9. The molecule has 0 radical (unpaired) electrons. The lowest BCUT2D eigenvalue weighted by atomic mass is 10.0. The maximum atomic E-state index is 12.2. The number of hydrogen-bond acceptors (Lipinski definition) is 3. The Morgan fingerprint density at radius 3 is 2.61 bits per heavy atom. The molecule has 2 N–H and O–H groups in total. The first-order valence-electron chi connectivity index (χ1n) is 6.20. The minimum atomic E-state index is -3.60. The first-order chi connectivity index (χ1) is 8.18. The van der Waals surface area contributed by atoms with Crippen molar-refractivity contribution in [2.24, 2.45) is 5.92 Å². The summed E-state index contributed by atoms with van der Waals surface area (Å²) < 4.78 is 28.2. The molecule has 1 unspecified atom stereocenters. The highest BCUT2D eigenvalue weighted by Gasteiger charge is 2.34. The highest BCUT2D eigenvalue weighted by Crippen LogP contribution is 2.20. The Balaban J connectivity index is 2.76. The maximum Gasteiger partial charge on any atom is 0.307 e. The Morgan fingerprint density at radius 1 is 1.50 bits per heavy atom. The van der Waals surface area contributed by atoms with Gasteiger partial charge in [-0.3, -0.25) is 4.79 Å². The SMILES string of the molecule is CCC(C)(C)NS(=O)(=O)N1CCCC(C(=O)O)C1. The van der Waals surface area contributed by atoms with Crippen molar-refractivity contribution < 1.29 is 18.3 Å². The fourth-order valence-electron chi connectivity index (χ4n) is 1.85. The standard InChI is InChI=1S/C11H22N2O4S/c1-4-11(2,3)12-18(16,17)13-7-5-6-9(8-13)10(14)15/h9,12H,4-8H2,1-3H3,(H,14,15). The summed E-state index contributed by atoms with van der Waals surface area (Å²) in [5.74, 6) is -1.52. The topological polar surface area (TPSA) is 86.7 Å². The van der Waals surface area contributed by atoms with Crippen LogP contribution in [0.4, 0.5) is 0 Å². The van der Waals surface area contributed by atoms with Gasteiger partial charge in [0, 0.05) is 18.6 Å². The van der Waals surface area contributed by atoms with Crippen molar-refractivity contribution in [2.75, 3.05) is 13.1 Å². The third-order valence-corrected chi connectivity index (χ3v) is 5.18. The van der Waals surface area contributed by atoms with E-state index in [1.54, 1.807) is 0 Å². The van der Waals surface area contributed by atoms with Gasteiger partial charge in [0.1, 0.15) is 0 Å². The van der Waals surface area contributed by atoms with Crippen LogP contribution in [-0.2, 0) is 15.0 Å². The highest BCUT2D eigenvalue weighted by molar-refractivity contribution is 7.87. The van der Waals surface area contributed by atoms with Crippen molar-refractivity contribution in [3.63, 3.8) is 0 Å². The molecule has 0 aromatic carbocycles. The summed E-state index contributed by atoms with van der Waals surface area (Å²) in [6.45, 7) is 5.97. The summed E-state index contributed by atoms with van der Waals surface area (Å²) in [5, 5.41) is 8.96. The third kappa shape index (κ3) is 3.93. The van der Waals surface area contributed by atoms with E-state index in [-0.39, 0.29) is 6.54 Å². The number of nitrogens with zero attached hydrogens (tertiary/aromatic N) is 1. The van der Waals surface area contributed by atoms with Crippen molar-refractivity contribution in [2.45, 2.75) is 45.6 Å². The fraction of sp³-hybridized carbons (Fsp3) is 0.909. The number of nitrogens with one attached hydrogen (secondary N) is 1. The van der Waals surface area contributed by atoms with Gasteiger partial charge >= 0.3 is 5.97 Å². The van der Waals surface area contributed by atoms with Gasteiger partial charge in [0.2, 0.25) is 0 Å². The first kappa shape index (κ1) is 15.4. The van der Waals surface area contributed by atoms with E-state index in [1.165, 1.54) is 4.31 Å². The number of aliphatic carboxylic acids is 1. The molecule has 0 bridgehead atoms. The predicted octanol–water partition coefficient (Wildman–Crippen LogP) is 0.806. The number of hydrogen-bond donors (Lipinski definition) is 2.